The Bertz CT molecular complexity index is 420. The van der Waals surface area contributed by atoms with Crippen molar-refractivity contribution >= 4 is 5.91 Å². The average molecular weight is 279 g/mol. The van der Waals surface area contributed by atoms with Gasteiger partial charge in [0, 0.05) is 13.0 Å². The Morgan fingerprint density at radius 2 is 2.20 bits per heavy atom. The molecule has 0 fully saturated rings. The topological polar surface area (TPSA) is 58.6 Å². The molecule has 112 valence electrons. The van der Waals surface area contributed by atoms with Crippen LogP contribution in [0, 0.1) is 0 Å². The van der Waals surface area contributed by atoms with Crippen LogP contribution in [-0.2, 0) is 4.79 Å². The molecule has 1 aromatic carbocycles. The minimum absolute atomic E-state index is 0.0172. The number of methoxy groups -OCH3 is 1. The summed E-state index contributed by atoms with van der Waals surface area (Å²) >= 11 is 0. The molecule has 0 saturated heterocycles. The zero-order valence-electron chi connectivity index (χ0n) is 12.6. The fourth-order valence-corrected chi connectivity index (χ4v) is 2.00. The van der Waals surface area contributed by atoms with E-state index < -0.39 is 0 Å². The van der Waals surface area contributed by atoms with Gasteiger partial charge in [-0.05, 0) is 36.5 Å². The van der Waals surface area contributed by atoms with Gasteiger partial charge in [-0.1, -0.05) is 26.0 Å². The molecule has 0 radical (unpaired) electrons. The third-order valence-electron chi connectivity index (χ3n) is 3.43. The van der Waals surface area contributed by atoms with Gasteiger partial charge >= 0.3 is 0 Å². The highest BCUT2D eigenvalue weighted by Crippen LogP contribution is 2.22. The second-order valence-electron chi connectivity index (χ2n) is 5.08. The number of amides is 1. The first-order valence-electron chi connectivity index (χ1n) is 7.15. The molecular formula is C16H25NO3. The van der Waals surface area contributed by atoms with Crippen LogP contribution >= 0.6 is 0 Å². The molecule has 0 heterocycles. The summed E-state index contributed by atoms with van der Waals surface area (Å²) in [6, 6.07) is 7.78. The van der Waals surface area contributed by atoms with E-state index >= 15 is 0 Å². The van der Waals surface area contributed by atoms with Crippen LogP contribution in [0.25, 0.3) is 0 Å². The van der Waals surface area contributed by atoms with Crippen molar-refractivity contribution in [3.63, 3.8) is 0 Å². The first kappa shape index (κ1) is 16.5. The Balaban J connectivity index is 2.40. The minimum atomic E-state index is -0.328. The molecule has 4 heteroatoms. The predicted octanol–water partition coefficient (Wildman–Crippen LogP) is 2.47. The third kappa shape index (κ3) is 5.61. The van der Waals surface area contributed by atoms with E-state index in [4.69, 9.17) is 4.74 Å². The van der Waals surface area contributed by atoms with E-state index in [2.05, 4.69) is 5.32 Å². The van der Waals surface area contributed by atoms with Gasteiger partial charge in [-0.3, -0.25) is 4.79 Å². The van der Waals surface area contributed by atoms with E-state index in [9.17, 15) is 9.90 Å². The Labute approximate surface area is 121 Å². The number of aliphatic hydroxyl groups is 1. The van der Waals surface area contributed by atoms with Crippen molar-refractivity contribution < 1.29 is 14.6 Å². The summed E-state index contributed by atoms with van der Waals surface area (Å²) in [5.41, 5.74) is 1.09. The molecular weight excluding hydrogens is 254 g/mol. The molecule has 0 spiro atoms. The van der Waals surface area contributed by atoms with Crippen LogP contribution in [0.2, 0.25) is 0 Å². The second kappa shape index (κ2) is 8.59. The smallest absolute Gasteiger partial charge is 0.220 e. The fraction of sp³-hybridized carbons (Fsp3) is 0.562. The first-order chi connectivity index (χ1) is 9.56. The molecule has 0 aliphatic carbocycles. The minimum Gasteiger partial charge on any atom is -0.497 e. The van der Waals surface area contributed by atoms with Gasteiger partial charge in [0.25, 0.3) is 0 Å². The summed E-state index contributed by atoms with van der Waals surface area (Å²) in [5, 5.41) is 12.3. The van der Waals surface area contributed by atoms with E-state index in [1.54, 1.807) is 7.11 Å². The molecule has 2 N–H and O–H groups in total. The summed E-state index contributed by atoms with van der Waals surface area (Å²) in [7, 11) is 1.63. The van der Waals surface area contributed by atoms with Gasteiger partial charge in [0.1, 0.15) is 5.75 Å². The van der Waals surface area contributed by atoms with Crippen LogP contribution in [0.4, 0.5) is 0 Å². The molecule has 20 heavy (non-hydrogen) atoms. The molecule has 0 aliphatic rings. The number of hydrogen-bond donors (Lipinski definition) is 2. The highest BCUT2D eigenvalue weighted by molar-refractivity contribution is 5.76. The highest BCUT2D eigenvalue weighted by Gasteiger charge is 2.12. The Hall–Kier alpha value is -1.55. The number of aliphatic hydroxyl groups excluding tert-OH is 1. The molecule has 1 rings (SSSR count). The normalized spacial score (nSPS) is 13.6. The maximum absolute atomic E-state index is 11.8. The predicted molar refractivity (Wildman–Crippen MR) is 80.0 cm³/mol. The first-order valence-corrected chi connectivity index (χ1v) is 7.15. The average Bonchev–Trinajstić information content (AvgIpc) is 2.46. The van der Waals surface area contributed by atoms with E-state index in [-0.39, 0.29) is 17.9 Å². The van der Waals surface area contributed by atoms with Crippen molar-refractivity contribution in [1.29, 1.82) is 0 Å². The maximum Gasteiger partial charge on any atom is 0.220 e. The highest BCUT2D eigenvalue weighted by atomic mass is 16.5. The van der Waals surface area contributed by atoms with Gasteiger partial charge in [0.15, 0.2) is 0 Å². The van der Waals surface area contributed by atoms with Crippen LogP contribution < -0.4 is 10.1 Å². The van der Waals surface area contributed by atoms with Crippen LogP contribution in [-0.4, -0.2) is 30.8 Å². The van der Waals surface area contributed by atoms with Gasteiger partial charge in [0.05, 0.1) is 13.2 Å². The van der Waals surface area contributed by atoms with Gasteiger partial charge in [-0.25, -0.2) is 0 Å². The van der Waals surface area contributed by atoms with Crippen molar-refractivity contribution in [1.82, 2.24) is 5.32 Å². The summed E-state index contributed by atoms with van der Waals surface area (Å²) in [4.78, 5) is 11.8. The van der Waals surface area contributed by atoms with Crippen molar-refractivity contribution in [2.75, 3.05) is 13.7 Å². The number of carbonyl (C=O) groups is 1. The zero-order valence-corrected chi connectivity index (χ0v) is 12.6. The summed E-state index contributed by atoms with van der Waals surface area (Å²) in [6.07, 6.45) is 1.44. The number of ether oxygens (including phenoxy) is 1. The van der Waals surface area contributed by atoms with Crippen molar-refractivity contribution in [2.24, 2.45) is 0 Å². The summed E-state index contributed by atoms with van der Waals surface area (Å²) in [5.74, 6) is 0.964. The number of carbonyl (C=O) groups excluding carboxylic acids is 1. The van der Waals surface area contributed by atoms with E-state index in [0.29, 0.717) is 19.4 Å². The van der Waals surface area contributed by atoms with Crippen molar-refractivity contribution in [3.05, 3.63) is 29.8 Å². The molecule has 0 bridgehead atoms. The van der Waals surface area contributed by atoms with Gasteiger partial charge in [-0.15, -0.1) is 0 Å². The van der Waals surface area contributed by atoms with E-state index in [1.165, 1.54) is 0 Å². The number of rotatable bonds is 8. The van der Waals surface area contributed by atoms with Crippen LogP contribution in [0.3, 0.4) is 0 Å². The van der Waals surface area contributed by atoms with Crippen LogP contribution in [0.15, 0.2) is 24.3 Å². The third-order valence-corrected chi connectivity index (χ3v) is 3.43. The molecule has 1 aromatic rings. The Morgan fingerprint density at radius 1 is 1.45 bits per heavy atom. The summed E-state index contributed by atoms with van der Waals surface area (Å²) < 4.78 is 5.19. The monoisotopic (exact) mass is 279 g/mol. The van der Waals surface area contributed by atoms with Crippen molar-refractivity contribution in [3.8, 4) is 5.75 Å². The molecule has 1 amide bonds. The van der Waals surface area contributed by atoms with E-state index in [0.717, 1.165) is 17.7 Å². The molecule has 0 aliphatic heterocycles. The number of hydrogen-bond acceptors (Lipinski definition) is 3. The second-order valence-corrected chi connectivity index (χ2v) is 5.08. The molecule has 0 saturated carbocycles. The number of benzene rings is 1. The maximum atomic E-state index is 11.8. The van der Waals surface area contributed by atoms with E-state index in [1.807, 2.05) is 38.1 Å². The lowest BCUT2D eigenvalue weighted by Crippen LogP contribution is -2.27. The molecule has 4 nitrogen and oxygen atoms in total. The standard InChI is InChI=1S/C16H25NO3/c1-4-14(18)8-9-17-16(19)10-12(2)13-6-5-7-15(11-13)20-3/h5-7,11-12,14,18H,4,8-10H2,1-3H3,(H,17,19). The molecule has 2 atom stereocenters. The quantitative estimate of drug-likeness (QED) is 0.768. The van der Waals surface area contributed by atoms with Gasteiger partial charge in [0.2, 0.25) is 5.91 Å². The largest absolute Gasteiger partial charge is 0.497 e. The zero-order chi connectivity index (χ0) is 15.0. The Kier molecular flexibility index (Phi) is 7.09. The van der Waals surface area contributed by atoms with Gasteiger partial charge < -0.3 is 15.2 Å². The number of nitrogens with one attached hydrogen (secondary N) is 1. The lowest BCUT2D eigenvalue weighted by atomic mass is 9.97. The van der Waals surface area contributed by atoms with Crippen LogP contribution in [0.1, 0.15) is 44.6 Å². The van der Waals surface area contributed by atoms with Crippen LogP contribution in [0.5, 0.6) is 5.75 Å². The SMILES string of the molecule is CCC(O)CCNC(=O)CC(C)c1cccc(OC)c1. The van der Waals surface area contributed by atoms with Gasteiger partial charge in [-0.2, -0.15) is 0 Å². The molecule has 0 aromatic heterocycles. The fourth-order valence-electron chi connectivity index (χ4n) is 2.00. The Morgan fingerprint density at radius 3 is 2.85 bits per heavy atom. The lowest BCUT2D eigenvalue weighted by Gasteiger charge is -2.14. The van der Waals surface area contributed by atoms with Crippen molar-refractivity contribution in [2.45, 2.75) is 45.1 Å². The molecule has 2 unspecified atom stereocenters. The lowest BCUT2D eigenvalue weighted by molar-refractivity contribution is -0.121. The summed E-state index contributed by atoms with van der Waals surface area (Å²) in [6.45, 7) is 4.48.